The van der Waals surface area contributed by atoms with E-state index in [9.17, 15) is 9.00 Å². The summed E-state index contributed by atoms with van der Waals surface area (Å²) in [6, 6.07) is 3.11. The predicted octanol–water partition coefficient (Wildman–Crippen LogP) is -0.0204. The zero-order valence-corrected chi connectivity index (χ0v) is 10.7. The van der Waals surface area contributed by atoms with Crippen LogP contribution >= 0.6 is 0 Å². The Morgan fingerprint density at radius 1 is 1.56 bits per heavy atom. The molecule has 0 saturated carbocycles. The van der Waals surface area contributed by atoms with Crippen molar-refractivity contribution in [3.05, 3.63) is 12.1 Å². The van der Waals surface area contributed by atoms with E-state index in [4.69, 9.17) is 4.74 Å². The summed E-state index contributed by atoms with van der Waals surface area (Å²) < 4.78 is 16.7. The summed E-state index contributed by atoms with van der Waals surface area (Å²) in [6.45, 7) is 0.581. The highest BCUT2D eigenvalue weighted by molar-refractivity contribution is 7.85. The van der Waals surface area contributed by atoms with E-state index in [2.05, 4.69) is 10.3 Å². The van der Waals surface area contributed by atoms with Gasteiger partial charge in [0.25, 0.3) is 0 Å². The van der Waals surface area contributed by atoms with Crippen LogP contribution in [0.5, 0.6) is 5.88 Å². The Kier molecular flexibility index (Phi) is 2.70. The summed E-state index contributed by atoms with van der Waals surface area (Å²) in [7, 11) is 0.630. The molecule has 2 atom stereocenters. The topological polar surface area (TPSA) is 71.5 Å². The van der Waals surface area contributed by atoms with E-state index < -0.39 is 10.8 Å². The molecule has 0 spiro atoms. The Balaban J connectivity index is 2.03. The molecule has 0 aliphatic carbocycles. The quantitative estimate of drug-likeness (QED) is 0.774. The SMILES string of the molecule is COc1ccc2c(n1)N1CCS(=O)CC1C(=O)N2. The molecule has 3 rings (SSSR count). The molecule has 7 heteroatoms. The molecule has 2 aliphatic heterocycles. The van der Waals surface area contributed by atoms with Crippen LogP contribution < -0.4 is 15.0 Å². The molecule has 2 unspecified atom stereocenters. The van der Waals surface area contributed by atoms with Gasteiger partial charge in [-0.2, -0.15) is 4.98 Å². The van der Waals surface area contributed by atoms with Gasteiger partial charge in [-0.15, -0.1) is 0 Å². The molecule has 3 heterocycles. The van der Waals surface area contributed by atoms with E-state index >= 15 is 0 Å². The molecule has 1 saturated heterocycles. The highest BCUT2D eigenvalue weighted by atomic mass is 32.2. The van der Waals surface area contributed by atoms with Crippen molar-refractivity contribution in [1.82, 2.24) is 4.98 Å². The van der Waals surface area contributed by atoms with Gasteiger partial charge in [-0.05, 0) is 6.07 Å². The van der Waals surface area contributed by atoms with Gasteiger partial charge in [-0.25, -0.2) is 0 Å². The maximum Gasteiger partial charge on any atom is 0.248 e. The van der Waals surface area contributed by atoms with Crippen molar-refractivity contribution in [2.45, 2.75) is 6.04 Å². The smallest absolute Gasteiger partial charge is 0.248 e. The number of methoxy groups -OCH3 is 1. The third-order valence-corrected chi connectivity index (χ3v) is 4.50. The number of pyridine rings is 1. The zero-order valence-electron chi connectivity index (χ0n) is 9.88. The number of carbonyl (C=O) groups is 1. The van der Waals surface area contributed by atoms with E-state index in [1.807, 2.05) is 4.90 Å². The van der Waals surface area contributed by atoms with Crippen LogP contribution in [0.3, 0.4) is 0 Å². The Morgan fingerprint density at radius 3 is 3.17 bits per heavy atom. The summed E-state index contributed by atoms with van der Waals surface area (Å²) in [5.41, 5.74) is 0.685. The molecule has 18 heavy (non-hydrogen) atoms. The number of nitrogens with one attached hydrogen (secondary N) is 1. The van der Waals surface area contributed by atoms with Crippen LogP contribution in [0.2, 0.25) is 0 Å². The van der Waals surface area contributed by atoms with Crippen LogP contribution in [0.15, 0.2) is 12.1 Å². The average Bonchev–Trinajstić information content (AvgIpc) is 2.39. The van der Waals surface area contributed by atoms with Crippen LogP contribution in [-0.2, 0) is 15.6 Å². The van der Waals surface area contributed by atoms with Crippen molar-refractivity contribution in [1.29, 1.82) is 0 Å². The lowest BCUT2D eigenvalue weighted by Crippen LogP contribution is -2.55. The van der Waals surface area contributed by atoms with Crippen molar-refractivity contribution in [3.63, 3.8) is 0 Å². The zero-order chi connectivity index (χ0) is 12.7. The van der Waals surface area contributed by atoms with Crippen LogP contribution in [-0.4, -0.2) is 46.3 Å². The van der Waals surface area contributed by atoms with Gasteiger partial charge in [-0.1, -0.05) is 0 Å². The first-order valence-corrected chi connectivity index (χ1v) is 7.15. The molecule has 0 bridgehead atoms. The molecule has 96 valence electrons. The van der Waals surface area contributed by atoms with Crippen LogP contribution in [0.25, 0.3) is 0 Å². The number of nitrogens with zero attached hydrogens (tertiary/aromatic N) is 2. The van der Waals surface area contributed by atoms with Gasteiger partial charge < -0.3 is 15.0 Å². The fourth-order valence-corrected chi connectivity index (χ4v) is 3.50. The minimum Gasteiger partial charge on any atom is -0.481 e. The largest absolute Gasteiger partial charge is 0.481 e. The number of ether oxygens (including phenoxy) is 1. The van der Waals surface area contributed by atoms with E-state index in [-0.39, 0.29) is 11.9 Å². The van der Waals surface area contributed by atoms with Crippen molar-refractivity contribution in [2.75, 3.05) is 35.4 Å². The molecule has 1 aromatic rings. The van der Waals surface area contributed by atoms with Crippen LogP contribution in [0.4, 0.5) is 11.5 Å². The minimum atomic E-state index is -0.925. The number of fused-ring (bicyclic) bond motifs is 3. The number of anilines is 2. The lowest BCUT2D eigenvalue weighted by Gasteiger charge is -2.39. The second-order valence-electron chi connectivity index (χ2n) is 4.23. The van der Waals surface area contributed by atoms with E-state index in [1.165, 1.54) is 0 Å². The van der Waals surface area contributed by atoms with E-state index in [0.717, 1.165) is 0 Å². The van der Waals surface area contributed by atoms with Gasteiger partial charge in [0.1, 0.15) is 6.04 Å². The van der Waals surface area contributed by atoms with Gasteiger partial charge in [0.15, 0.2) is 5.82 Å². The molecule has 1 N–H and O–H groups in total. The standard InChI is InChI=1S/C11H13N3O3S/c1-17-9-3-2-7-10(13-9)14-4-5-18(16)6-8(14)11(15)12-7/h2-3,8H,4-6H2,1H3,(H,12,15). The molecule has 1 aromatic heterocycles. The molecular formula is C11H13N3O3S. The Labute approximate surface area is 107 Å². The number of carbonyl (C=O) groups excluding carboxylic acids is 1. The first kappa shape index (κ1) is 11.5. The molecule has 0 radical (unpaired) electrons. The highest BCUT2D eigenvalue weighted by Gasteiger charge is 2.38. The van der Waals surface area contributed by atoms with E-state index in [0.29, 0.717) is 35.4 Å². The van der Waals surface area contributed by atoms with Crippen molar-refractivity contribution >= 4 is 28.2 Å². The second kappa shape index (κ2) is 4.24. The van der Waals surface area contributed by atoms with E-state index in [1.54, 1.807) is 19.2 Å². The van der Waals surface area contributed by atoms with Gasteiger partial charge in [0, 0.05) is 29.2 Å². The van der Waals surface area contributed by atoms with Gasteiger partial charge in [0.2, 0.25) is 11.8 Å². The Bertz CT molecular complexity index is 534. The summed E-state index contributed by atoms with van der Waals surface area (Å²) in [6.07, 6.45) is 0. The lowest BCUT2D eigenvalue weighted by atomic mass is 10.1. The number of hydrogen-bond donors (Lipinski definition) is 1. The van der Waals surface area contributed by atoms with Crippen LogP contribution in [0.1, 0.15) is 0 Å². The minimum absolute atomic E-state index is 0.109. The third kappa shape index (κ3) is 1.74. The average molecular weight is 267 g/mol. The van der Waals surface area contributed by atoms with Crippen molar-refractivity contribution in [2.24, 2.45) is 0 Å². The summed E-state index contributed by atoms with van der Waals surface area (Å²) in [5.74, 6) is 2.04. The first-order valence-electron chi connectivity index (χ1n) is 5.66. The predicted molar refractivity (Wildman–Crippen MR) is 68.4 cm³/mol. The maximum atomic E-state index is 11.9. The van der Waals surface area contributed by atoms with Gasteiger partial charge in [0.05, 0.1) is 18.6 Å². The Hall–Kier alpha value is -1.63. The number of amides is 1. The van der Waals surface area contributed by atoms with Crippen molar-refractivity contribution in [3.8, 4) is 5.88 Å². The van der Waals surface area contributed by atoms with Gasteiger partial charge >= 0.3 is 0 Å². The molecule has 1 fully saturated rings. The number of hydrogen-bond acceptors (Lipinski definition) is 5. The normalized spacial score (nSPS) is 26.1. The summed E-state index contributed by atoms with van der Waals surface area (Å²) in [5, 5.41) is 2.80. The van der Waals surface area contributed by atoms with Crippen molar-refractivity contribution < 1.29 is 13.7 Å². The fraction of sp³-hybridized carbons (Fsp3) is 0.455. The summed E-state index contributed by atoms with van der Waals surface area (Å²) in [4.78, 5) is 18.2. The molecular weight excluding hydrogens is 254 g/mol. The molecule has 6 nitrogen and oxygen atoms in total. The van der Waals surface area contributed by atoms with Crippen LogP contribution in [0, 0.1) is 0 Å². The second-order valence-corrected chi connectivity index (χ2v) is 5.86. The monoisotopic (exact) mass is 267 g/mol. The fourth-order valence-electron chi connectivity index (χ4n) is 2.25. The molecule has 1 amide bonds. The first-order chi connectivity index (χ1) is 8.69. The third-order valence-electron chi connectivity index (χ3n) is 3.17. The Morgan fingerprint density at radius 2 is 2.39 bits per heavy atom. The number of aromatic nitrogens is 1. The summed E-state index contributed by atoms with van der Waals surface area (Å²) >= 11 is 0. The maximum absolute atomic E-state index is 11.9. The number of rotatable bonds is 1. The van der Waals surface area contributed by atoms with Gasteiger partial charge in [-0.3, -0.25) is 9.00 Å². The lowest BCUT2D eigenvalue weighted by molar-refractivity contribution is -0.117. The molecule has 0 aromatic carbocycles. The molecule has 2 aliphatic rings. The highest BCUT2D eigenvalue weighted by Crippen LogP contribution is 2.33.